The van der Waals surface area contributed by atoms with Crippen LogP contribution in [0.3, 0.4) is 0 Å². The van der Waals surface area contributed by atoms with Crippen molar-refractivity contribution in [2.24, 2.45) is 5.73 Å². The van der Waals surface area contributed by atoms with Gasteiger partial charge in [-0.3, -0.25) is 19.3 Å². The molecule has 0 unspecified atom stereocenters. The average molecular weight is 294 g/mol. The summed E-state index contributed by atoms with van der Waals surface area (Å²) in [5.41, 5.74) is 4.72. The number of rotatable bonds is 3. The molecule has 21 heavy (non-hydrogen) atoms. The molecule has 3 aliphatic rings. The van der Waals surface area contributed by atoms with Gasteiger partial charge in [-0.05, 0) is 33.1 Å². The van der Waals surface area contributed by atoms with Crippen molar-refractivity contribution in [3.8, 4) is 0 Å². The van der Waals surface area contributed by atoms with Crippen LogP contribution in [0.4, 0.5) is 0 Å². The molecule has 116 valence electrons. The van der Waals surface area contributed by atoms with E-state index in [9.17, 15) is 14.4 Å². The summed E-state index contributed by atoms with van der Waals surface area (Å²) in [7, 11) is 0. The van der Waals surface area contributed by atoms with Crippen molar-refractivity contribution in [3.63, 3.8) is 0 Å². The molecule has 3 rings (SSSR count). The smallest absolute Gasteiger partial charge is 0.245 e. The maximum absolute atomic E-state index is 12.7. The third-order valence-electron chi connectivity index (χ3n) is 5.00. The van der Waals surface area contributed by atoms with E-state index >= 15 is 0 Å². The number of nitrogens with zero attached hydrogens (tertiary/aromatic N) is 3. The Kier molecular flexibility index (Phi) is 3.20. The van der Waals surface area contributed by atoms with Crippen molar-refractivity contribution < 1.29 is 14.4 Å². The monoisotopic (exact) mass is 294 g/mol. The first-order valence-corrected chi connectivity index (χ1v) is 7.51. The van der Waals surface area contributed by atoms with Crippen LogP contribution in [0.2, 0.25) is 0 Å². The zero-order valence-electron chi connectivity index (χ0n) is 12.5. The minimum atomic E-state index is -0.517. The second kappa shape index (κ2) is 4.69. The first-order valence-electron chi connectivity index (χ1n) is 7.51. The van der Waals surface area contributed by atoms with Gasteiger partial charge in [-0.15, -0.1) is 0 Å². The summed E-state index contributed by atoms with van der Waals surface area (Å²) in [4.78, 5) is 41.6. The lowest BCUT2D eigenvalue weighted by Gasteiger charge is -2.39. The van der Waals surface area contributed by atoms with Gasteiger partial charge in [0.2, 0.25) is 17.7 Å². The van der Waals surface area contributed by atoms with Gasteiger partial charge in [0.1, 0.15) is 6.04 Å². The molecule has 3 aliphatic heterocycles. The predicted molar refractivity (Wildman–Crippen MR) is 74.8 cm³/mol. The number of primary amides is 1. The van der Waals surface area contributed by atoms with Crippen molar-refractivity contribution in [2.45, 2.75) is 50.9 Å². The molecule has 3 amide bonds. The molecular formula is C14H22N4O3. The second-order valence-electron chi connectivity index (χ2n) is 6.58. The van der Waals surface area contributed by atoms with Crippen molar-refractivity contribution in [2.75, 3.05) is 19.6 Å². The number of amides is 3. The predicted octanol–water partition coefficient (Wildman–Crippen LogP) is -0.885. The number of hydrogen-bond acceptors (Lipinski definition) is 4. The molecule has 0 aromatic rings. The summed E-state index contributed by atoms with van der Waals surface area (Å²) in [6.45, 7) is 5.31. The van der Waals surface area contributed by atoms with E-state index in [1.54, 1.807) is 4.90 Å². The van der Waals surface area contributed by atoms with Crippen molar-refractivity contribution in [1.29, 1.82) is 0 Å². The van der Waals surface area contributed by atoms with E-state index in [-0.39, 0.29) is 24.4 Å². The molecule has 0 aromatic carbocycles. The SMILES string of the molecule is CC1(C)N2CCC[C@H]2C(=O)N1[C@@H]1CCN(CC(N)=O)C1=O. The quantitative estimate of drug-likeness (QED) is 0.732. The lowest BCUT2D eigenvalue weighted by atomic mass is 10.1. The van der Waals surface area contributed by atoms with Crippen LogP contribution < -0.4 is 5.73 Å². The van der Waals surface area contributed by atoms with Gasteiger partial charge in [0.05, 0.1) is 18.2 Å². The fourth-order valence-corrected chi connectivity index (χ4v) is 4.09. The average Bonchev–Trinajstić information content (AvgIpc) is 3.03. The van der Waals surface area contributed by atoms with E-state index in [1.165, 1.54) is 4.90 Å². The molecule has 3 heterocycles. The second-order valence-corrected chi connectivity index (χ2v) is 6.58. The minimum Gasteiger partial charge on any atom is -0.368 e. The van der Waals surface area contributed by atoms with Crippen LogP contribution in [0, 0.1) is 0 Å². The Bertz CT molecular complexity index is 504. The Labute approximate surface area is 124 Å². The first kappa shape index (κ1) is 14.3. The number of carbonyl (C=O) groups is 3. The van der Waals surface area contributed by atoms with Gasteiger partial charge < -0.3 is 15.5 Å². The van der Waals surface area contributed by atoms with E-state index in [4.69, 9.17) is 5.73 Å². The maximum atomic E-state index is 12.7. The van der Waals surface area contributed by atoms with Crippen molar-refractivity contribution in [3.05, 3.63) is 0 Å². The van der Waals surface area contributed by atoms with E-state index in [1.807, 2.05) is 13.8 Å². The standard InChI is InChI=1S/C14H22N4O3/c1-14(2)17-6-3-4-9(17)13(21)18(14)10-5-7-16(12(10)20)8-11(15)19/h9-10H,3-8H2,1-2H3,(H2,15,19)/t9-,10+/m0/s1. The van der Waals surface area contributed by atoms with Gasteiger partial charge in [-0.25, -0.2) is 0 Å². The zero-order chi connectivity index (χ0) is 15.4. The highest BCUT2D eigenvalue weighted by molar-refractivity contribution is 5.94. The zero-order valence-corrected chi connectivity index (χ0v) is 12.5. The summed E-state index contributed by atoms with van der Waals surface area (Å²) < 4.78 is 0. The largest absolute Gasteiger partial charge is 0.368 e. The molecule has 3 saturated heterocycles. The number of hydrogen-bond donors (Lipinski definition) is 1. The topological polar surface area (TPSA) is 86.9 Å². The molecule has 0 bridgehead atoms. The minimum absolute atomic E-state index is 0.0526. The fraction of sp³-hybridized carbons (Fsp3) is 0.786. The first-order chi connectivity index (χ1) is 9.84. The van der Waals surface area contributed by atoms with Crippen LogP contribution in [0.1, 0.15) is 33.1 Å². The van der Waals surface area contributed by atoms with E-state index in [0.29, 0.717) is 13.0 Å². The highest BCUT2D eigenvalue weighted by Gasteiger charge is 2.57. The van der Waals surface area contributed by atoms with Gasteiger partial charge in [0, 0.05) is 13.1 Å². The van der Waals surface area contributed by atoms with Crippen LogP contribution in [0.15, 0.2) is 0 Å². The normalized spacial score (nSPS) is 32.1. The molecule has 2 N–H and O–H groups in total. The van der Waals surface area contributed by atoms with E-state index in [0.717, 1.165) is 19.4 Å². The maximum Gasteiger partial charge on any atom is 0.245 e. The van der Waals surface area contributed by atoms with E-state index in [2.05, 4.69) is 4.90 Å². The summed E-state index contributed by atoms with van der Waals surface area (Å²) in [6.07, 6.45) is 2.46. The highest BCUT2D eigenvalue weighted by atomic mass is 16.2. The fourth-order valence-electron chi connectivity index (χ4n) is 4.09. The molecule has 0 aromatic heterocycles. The number of likely N-dealkylation sites (tertiary alicyclic amines) is 1. The summed E-state index contributed by atoms with van der Waals surface area (Å²) in [5, 5.41) is 0. The number of fused-ring (bicyclic) bond motifs is 1. The van der Waals surface area contributed by atoms with Crippen LogP contribution in [0.25, 0.3) is 0 Å². The third kappa shape index (κ3) is 2.02. The summed E-state index contributed by atoms with van der Waals surface area (Å²) in [6, 6.07) is -0.546. The molecule has 0 radical (unpaired) electrons. The molecule has 3 fully saturated rings. The molecule has 0 aliphatic carbocycles. The van der Waals surface area contributed by atoms with Gasteiger partial charge in [-0.2, -0.15) is 0 Å². The van der Waals surface area contributed by atoms with Crippen LogP contribution in [-0.2, 0) is 14.4 Å². The van der Waals surface area contributed by atoms with Gasteiger partial charge in [0.25, 0.3) is 0 Å². The van der Waals surface area contributed by atoms with Gasteiger partial charge >= 0.3 is 0 Å². The Balaban J connectivity index is 1.82. The molecule has 7 nitrogen and oxygen atoms in total. The summed E-state index contributed by atoms with van der Waals surface area (Å²) >= 11 is 0. The lowest BCUT2D eigenvalue weighted by molar-refractivity contribution is -0.145. The highest BCUT2D eigenvalue weighted by Crippen LogP contribution is 2.40. The summed E-state index contributed by atoms with van der Waals surface area (Å²) in [5.74, 6) is -0.621. The third-order valence-corrected chi connectivity index (χ3v) is 5.00. The van der Waals surface area contributed by atoms with Crippen LogP contribution in [0.5, 0.6) is 0 Å². The number of nitrogens with two attached hydrogens (primary N) is 1. The molecular weight excluding hydrogens is 272 g/mol. The Morgan fingerprint density at radius 3 is 2.52 bits per heavy atom. The Morgan fingerprint density at radius 2 is 1.90 bits per heavy atom. The lowest BCUT2D eigenvalue weighted by Crippen LogP contribution is -2.55. The van der Waals surface area contributed by atoms with Crippen LogP contribution >= 0.6 is 0 Å². The van der Waals surface area contributed by atoms with Gasteiger partial charge in [0.15, 0.2) is 0 Å². The molecule has 0 spiro atoms. The Hall–Kier alpha value is -1.63. The molecule has 0 saturated carbocycles. The van der Waals surface area contributed by atoms with Gasteiger partial charge in [-0.1, -0.05) is 0 Å². The number of carbonyl (C=O) groups excluding carboxylic acids is 3. The molecule has 7 heteroatoms. The van der Waals surface area contributed by atoms with Crippen LogP contribution in [-0.4, -0.2) is 69.8 Å². The molecule has 2 atom stereocenters. The Morgan fingerprint density at radius 1 is 1.19 bits per heavy atom. The van der Waals surface area contributed by atoms with Crippen molar-refractivity contribution in [1.82, 2.24) is 14.7 Å². The van der Waals surface area contributed by atoms with E-state index < -0.39 is 17.6 Å². The van der Waals surface area contributed by atoms with Crippen molar-refractivity contribution >= 4 is 17.7 Å².